The summed E-state index contributed by atoms with van der Waals surface area (Å²) in [5, 5.41) is 7.78. The lowest BCUT2D eigenvalue weighted by atomic mass is 10.6. The Balaban J connectivity index is 2.21. The van der Waals surface area contributed by atoms with E-state index in [0.29, 0.717) is 22.6 Å². The zero-order valence-electron chi connectivity index (χ0n) is 7.17. The molecule has 8 heteroatoms. The fourth-order valence-electron chi connectivity index (χ4n) is 0.833. The Morgan fingerprint density at radius 2 is 1.93 bits per heavy atom. The van der Waals surface area contributed by atoms with Gasteiger partial charge in [-0.3, -0.25) is 0 Å². The van der Waals surface area contributed by atoms with Gasteiger partial charge in [0.2, 0.25) is 0 Å². The summed E-state index contributed by atoms with van der Waals surface area (Å²) in [4.78, 5) is 7.88. The Bertz CT molecular complexity index is 434. The molecule has 0 bridgehead atoms. The molecular formula is C7H4F2N4S2. The van der Waals surface area contributed by atoms with E-state index in [2.05, 4.69) is 20.2 Å². The molecule has 0 unspecified atom stereocenters. The third-order valence-electron chi connectivity index (χ3n) is 1.35. The van der Waals surface area contributed by atoms with Crippen LogP contribution in [0, 0.1) is 0 Å². The van der Waals surface area contributed by atoms with Gasteiger partial charge < -0.3 is 0 Å². The van der Waals surface area contributed by atoms with Gasteiger partial charge in [-0.05, 0) is 17.8 Å². The molecule has 78 valence electrons. The van der Waals surface area contributed by atoms with E-state index in [1.807, 2.05) is 0 Å². The number of alkyl halides is 2. The minimum atomic E-state index is -2.48. The van der Waals surface area contributed by atoms with Gasteiger partial charge in [0.25, 0.3) is 5.76 Å². The van der Waals surface area contributed by atoms with Gasteiger partial charge in [0.05, 0.1) is 0 Å². The topological polar surface area (TPSA) is 51.6 Å². The predicted octanol–water partition coefficient (Wildman–Crippen LogP) is 2.31. The van der Waals surface area contributed by atoms with Crippen LogP contribution in [0.3, 0.4) is 0 Å². The lowest BCUT2D eigenvalue weighted by molar-refractivity contribution is 0.252. The van der Waals surface area contributed by atoms with Crippen molar-refractivity contribution in [3.8, 4) is 10.8 Å². The van der Waals surface area contributed by atoms with Crippen LogP contribution < -0.4 is 0 Å². The van der Waals surface area contributed by atoms with Crippen LogP contribution in [0.4, 0.5) is 8.78 Å². The van der Waals surface area contributed by atoms with Gasteiger partial charge >= 0.3 is 0 Å². The molecule has 0 aliphatic heterocycles. The molecule has 0 aliphatic carbocycles. The fraction of sp³-hybridized carbons (Fsp3) is 0.143. The molecule has 0 radical (unpaired) electrons. The summed E-state index contributed by atoms with van der Waals surface area (Å²) >= 11 is 1.42. The molecule has 0 saturated heterocycles. The molecule has 0 saturated carbocycles. The summed E-state index contributed by atoms with van der Waals surface area (Å²) < 4.78 is 24.2. The van der Waals surface area contributed by atoms with Crippen molar-refractivity contribution in [3.63, 3.8) is 0 Å². The van der Waals surface area contributed by atoms with Crippen molar-refractivity contribution >= 4 is 23.1 Å². The van der Waals surface area contributed by atoms with Crippen LogP contribution in [0.1, 0.15) is 0 Å². The number of aromatic nitrogens is 4. The minimum Gasteiger partial charge on any atom is -0.234 e. The van der Waals surface area contributed by atoms with E-state index in [0.717, 1.165) is 11.3 Å². The molecule has 0 amide bonds. The molecule has 2 heterocycles. The molecule has 2 rings (SSSR count). The molecule has 0 N–H and O–H groups in total. The second-order valence-electron chi connectivity index (χ2n) is 2.32. The Hall–Kier alpha value is -1.15. The lowest BCUT2D eigenvalue weighted by Gasteiger charge is -1.90. The van der Waals surface area contributed by atoms with E-state index in [-0.39, 0.29) is 4.34 Å². The average molecular weight is 246 g/mol. The van der Waals surface area contributed by atoms with Crippen LogP contribution in [0.2, 0.25) is 0 Å². The zero-order chi connectivity index (χ0) is 10.7. The maximum absolute atomic E-state index is 12.0. The Morgan fingerprint density at radius 3 is 2.60 bits per heavy atom. The quantitative estimate of drug-likeness (QED) is 0.778. The molecule has 4 nitrogen and oxygen atoms in total. The van der Waals surface area contributed by atoms with Crippen molar-refractivity contribution in [2.45, 2.75) is 10.1 Å². The smallest absolute Gasteiger partial charge is 0.234 e. The largest absolute Gasteiger partial charge is 0.291 e. The van der Waals surface area contributed by atoms with Gasteiger partial charge in [0.15, 0.2) is 15.2 Å². The molecule has 15 heavy (non-hydrogen) atoms. The highest BCUT2D eigenvalue weighted by molar-refractivity contribution is 8.01. The van der Waals surface area contributed by atoms with Crippen LogP contribution in [-0.4, -0.2) is 25.9 Å². The second kappa shape index (κ2) is 4.58. The zero-order valence-corrected chi connectivity index (χ0v) is 8.80. The monoisotopic (exact) mass is 246 g/mol. The van der Waals surface area contributed by atoms with Gasteiger partial charge in [-0.2, -0.15) is 8.78 Å². The second-order valence-corrected chi connectivity index (χ2v) is 4.54. The first kappa shape index (κ1) is 10.4. The molecule has 0 fully saturated rings. The molecule has 2 aromatic heterocycles. The van der Waals surface area contributed by atoms with Crippen LogP contribution >= 0.6 is 23.1 Å². The van der Waals surface area contributed by atoms with E-state index < -0.39 is 5.76 Å². The van der Waals surface area contributed by atoms with Crippen LogP contribution in [-0.2, 0) is 0 Å². The number of hydrogen-bond acceptors (Lipinski definition) is 6. The first-order valence-electron chi connectivity index (χ1n) is 3.81. The van der Waals surface area contributed by atoms with E-state index in [1.165, 1.54) is 0 Å². The summed E-state index contributed by atoms with van der Waals surface area (Å²) in [7, 11) is 0. The molecule has 0 atom stereocenters. The first-order chi connectivity index (χ1) is 7.25. The number of hydrogen-bond donors (Lipinski definition) is 0. The molecule has 0 aromatic carbocycles. The van der Waals surface area contributed by atoms with Crippen molar-refractivity contribution in [1.82, 2.24) is 20.2 Å². The van der Waals surface area contributed by atoms with E-state index in [4.69, 9.17) is 0 Å². The summed E-state index contributed by atoms with van der Waals surface area (Å²) in [6.45, 7) is 0. The lowest BCUT2D eigenvalue weighted by Crippen LogP contribution is -1.85. The SMILES string of the molecule is FC(F)Sc1nnc(-c2ncccn2)s1. The standard InChI is InChI=1S/C7H4F2N4S2/c8-6(9)15-7-13-12-5(14-7)4-10-2-1-3-11-4/h1-3,6H. The highest BCUT2D eigenvalue weighted by Crippen LogP contribution is 2.30. The molecular weight excluding hydrogens is 242 g/mol. The normalized spacial score (nSPS) is 10.9. The van der Waals surface area contributed by atoms with E-state index in [9.17, 15) is 8.78 Å². The van der Waals surface area contributed by atoms with Crippen molar-refractivity contribution in [1.29, 1.82) is 0 Å². The maximum Gasteiger partial charge on any atom is 0.291 e. The maximum atomic E-state index is 12.0. The highest BCUT2D eigenvalue weighted by Gasteiger charge is 2.13. The van der Waals surface area contributed by atoms with Gasteiger partial charge in [0, 0.05) is 12.4 Å². The third kappa shape index (κ3) is 2.66. The molecule has 2 aromatic rings. The van der Waals surface area contributed by atoms with Crippen molar-refractivity contribution < 1.29 is 8.78 Å². The van der Waals surface area contributed by atoms with Crippen LogP contribution in [0.25, 0.3) is 10.8 Å². The number of halogens is 2. The van der Waals surface area contributed by atoms with Crippen molar-refractivity contribution in [3.05, 3.63) is 18.5 Å². The molecule has 0 aliphatic rings. The number of nitrogens with zero attached hydrogens (tertiary/aromatic N) is 4. The number of thioether (sulfide) groups is 1. The summed E-state index contributed by atoms with van der Waals surface area (Å²) in [5.74, 6) is -2.08. The third-order valence-corrected chi connectivity index (χ3v) is 3.07. The van der Waals surface area contributed by atoms with E-state index >= 15 is 0 Å². The number of rotatable bonds is 3. The van der Waals surface area contributed by atoms with Crippen molar-refractivity contribution in [2.24, 2.45) is 0 Å². The first-order valence-corrected chi connectivity index (χ1v) is 5.51. The summed E-state index contributed by atoms with van der Waals surface area (Å²) in [6.07, 6.45) is 3.12. The fourth-order valence-corrected chi connectivity index (χ4v) is 2.25. The van der Waals surface area contributed by atoms with Crippen molar-refractivity contribution in [2.75, 3.05) is 0 Å². The van der Waals surface area contributed by atoms with Gasteiger partial charge in [0.1, 0.15) is 0 Å². The Morgan fingerprint density at radius 1 is 1.20 bits per heavy atom. The Labute approximate surface area is 91.8 Å². The summed E-state index contributed by atoms with van der Waals surface area (Å²) in [6, 6.07) is 1.67. The average Bonchev–Trinajstić information content (AvgIpc) is 2.67. The highest BCUT2D eigenvalue weighted by atomic mass is 32.2. The van der Waals surface area contributed by atoms with Gasteiger partial charge in [-0.1, -0.05) is 11.3 Å². The Kier molecular flexibility index (Phi) is 3.17. The molecule has 0 spiro atoms. The van der Waals surface area contributed by atoms with Crippen LogP contribution in [0.5, 0.6) is 0 Å². The summed E-state index contributed by atoms with van der Waals surface area (Å²) in [5.41, 5.74) is 0. The minimum absolute atomic E-state index is 0.215. The predicted molar refractivity (Wildman–Crippen MR) is 52.8 cm³/mol. The van der Waals surface area contributed by atoms with Gasteiger partial charge in [-0.25, -0.2) is 9.97 Å². The van der Waals surface area contributed by atoms with E-state index in [1.54, 1.807) is 18.5 Å². The van der Waals surface area contributed by atoms with Gasteiger partial charge in [-0.15, -0.1) is 10.2 Å². The van der Waals surface area contributed by atoms with Crippen LogP contribution in [0.15, 0.2) is 22.8 Å².